The van der Waals surface area contributed by atoms with Crippen LogP contribution in [-0.2, 0) is 4.79 Å². The maximum atomic E-state index is 11.6. The van der Waals surface area contributed by atoms with E-state index in [4.69, 9.17) is 0 Å². The molecule has 18 heavy (non-hydrogen) atoms. The number of carbonyl (C=O) groups is 2. The zero-order valence-electron chi connectivity index (χ0n) is 11.1. The van der Waals surface area contributed by atoms with E-state index in [0.29, 0.717) is 18.5 Å². The van der Waals surface area contributed by atoms with Gasteiger partial charge in [-0.2, -0.15) is 11.3 Å². The smallest absolute Gasteiger partial charge is 0.252 e. The van der Waals surface area contributed by atoms with Crippen LogP contribution in [0.5, 0.6) is 0 Å². The number of nitrogens with one attached hydrogen (secondary N) is 2. The monoisotopic (exact) mass is 268 g/mol. The molecular weight excluding hydrogens is 248 g/mol. The minimum Gasteiger partial charge on any atom is -0.351 e. The van der Waals surface area contributed by atoms with E-state index in [2.05, 4.69) is 10.6 Å². The molecule has 0 aliphatic rings. The van der Waals surface area contributed by atoms with Crippen LogP contribution in [0.4, 0.5) is 0 Å². The fourth-order valence-corrected chi connectivity index (χ4v) is 1.95. The van der Waals surface area contributed by atoms with Crippen molar-refractivity contribution in [1.29, 1.82) is 0 Å². The van der Waals surface area contributed by atoms with E-state index < -0.39 is 0 Å². The fourth-order valence-electron chi connectivity index (χ4n) is 1.31. The van der Waals surface area contributed by atoms with E-state index in [-0.39, 0.29) is 17.4 Å². The summed E-state index contributed by atoms with van der Waals surface area (Å²) in [6.45, 7) is 6.35. The Labute approximate surface area is 112 Å². The molecule has 100 valence electrons. The summed E-state index contributed by atoms with van der Waals surface area (Å²) in [6.07, 6.45) is 1.18. The van der Waals surface area contributed by atoms with Gasteiger partial charge in [-0.15, -0.1) is 0 Å². The Balaban J connectivity index is 2.26. The highest BCUT2D eigenvalue weighted by atomic mass is 32.1. The molecule has 0 aliphatic carbocycles. The minimum atomic E-state index is -0.186. The van der Waals surface area contributed by atoms with Gasteiger partial charge in [-0.3, -0.25) is 9.59 Å². The van der Waals surface area contributed by atoms with Crippen molar-refractivity contribution in [3.63, 3.8) is 0 Å². The number of hydrogen-bond acceptors (Lipinski definition) is 3. The third-order valence-electron chi connectivity index (χ3n) is 2.78. The Hall–Kier alpha value is -1.36. The third-order valence-corrected chi connectivity index (χ3v) is 3.47. The van der Waals surface area contributed by atoms with Crippen molar-refractivity contribution in [1.82, 2.24) is 10.6 Å². The van der Waals surface area contributed by atoms with E-state index in [9.17, 15) is 9.59 Å². The Bertz CT molecular complexity index is 399. The normalized spacial score (nSPS) is 11.1. The Morgan fingerprint density at radius 3 is 2.67 bits per heavy atom. The topological polar surface area (TPSA) is 58.2 Å². The van der Waals surface area contributed by atoms with Gasteiger partial charge in [0, 0.05) is 29.4 Å². The van der Waals surface area contributed by atoms with Gasteiger partial charge in [-0.1, -0.05) is 6.92 Å². The molecule has 4 nitrogen and oxygen atoms in total. The maximum absolute atomic E-state index is 11.6. The first kappa shape index (κ1) is 14.7. The Morgan fingerprint density at radius 1 is 1.39 bits per heavy atom. The van der Waals surface area contributed by atoms with Crippen molar-refractivity contribution in [2.75, 3.05) is 6.54 Å². The first-order chi connectivity index (χ1) is 8.44. The molecule has 0 aliphatic heterocycles. The highest BCUT2D eigenvalue weighted by Gasteiger charge is 2.17. The maximum Gasteiger partial charge on any atom is 0.252 e. The molecule has 0 unspecified atom stereocenters. The highest BCUT2D eigenvalue weighted by molar-refractivity contribution is 7.08. The zero-order valence-corrected chi connectivity index (χ0v) is 11.9. The second-order valence-corrected chi connectivity index (χ2v) is 5.58. The zero-order chi connectivity index (χ0) is 13.6. The van der Waals surface area contributed by atoms with Gasteiger partial charge in [0.25, 0.3) is 5.91 Å². The van der Waals surface area contributed by atoms with Crippen LogP contribution in [0.2, 0.25) is 0 Å². The van der Waals surface area contributed by atoms with Crippen molar-refractivity contribution in [2.45, 2.75) is 39.2 Å². The summed E-state index contributed by atoms with van der Waals surface area (Å²) in [4.78, 5) is 23.2. The van der Waals surface area contributed by atoms with Crippen molar-refractivity contribution in [3.8, 4) is 0 Å². The molecule has 0 fully saturated rings. The Morgan fingerprint density at radius 2 is 2.11 bits per heavy atom. The van der Waals surface area contributed by atoms with Crippen LogP contribution in [0.15, 0.2) is 16.8 Å². The number of thiophene rings is 1. The van der Waals surface area contributed by atoms with Crippen molar-refractivity contribution in [3.05, 3.63) is 22.4 Å². The highest BCUT2D eigenvalue weighted by Crippen LogP contribution is 2.07. The van der Waals surface area contributed by atoms with Crippen LogP contribution >= 0.6 is 11.3 Å². The van der Waals surface area contributed by atoms with E-state index in [1.54, 1.807) is 11.4 Å². The lowest BCUT2D eigenvalue weighted by Crippen LogP contribution is -2.43. The van der Waals surface area contributed by atoms with Crippen LogP contribution < -0.4 is 10.6 Å². The molecule has 5 heteroatoms. The van der Waals surface area contributed by atoms with E-state index in [1.165, 1.54) is 11.3 Å². The van der Waals surface area contributed by atoms with Gasteiger partial charge in [-0.25, -0.2) is 0 Å². The minimum absolute atomic E-state index is 0.0348. The van der Waals surface area contributed by atoms with Gasteiger partial charge < -0.3 is 10.6 Å². The molecule has 0 atom stereocenters. The lowest BCUT2D eigenvalue weighted by atomic mass is 10.0. The molecular formula is C13H20N2O2S. The molecule has 0 spiro atoms. The number of hydrogen-bond donors (Lipinski definition) is 2. The quantitative estimate of drug-likeness (QED) is 0.830. The molecule has 0 bridgehead atoms. The van der Waals surface area contributed by atoms with Gasteiger partial charge in [0.05, 0.1) is 0 Å². The summed E-state index contributed by atoms with van der Waals surface area (Å²) in [7, 11) is 0. The molecule has 1 aromatic rings. The van der Waals surface area contributed by atoms with Crippen LogP contribution in [0.25, 0.3) is 0 Å². The van der Waals surface area contributed by atoms with Gasteiger partial charge in [0.15, 0.2) is 0 Å². The molecule has 1 rings (SSSR count). The van der Waals surface area contributed by atoms with Gasteiger partial charge in [-0.05, 0) is 31.7 Å². The predicted octanol–water partition coefficient (Wildman–Crippen LogP) is 2.17. The van der Waals surface area contributed by atoms with Crippen LogP contribution in [0.3, 0.4) is 0 Å². The summed E-state index contributed by atoms with van der Waals surface area (Å²) >= 11 is 1.48. The predicted molar refractivity (Wildman–Crippen MR) is 73.8 cm³/mol. The molecule has 0 radical (unpaired) electrons. The molecule has 1 heterocycles. The molecule has 0 aromatic carbocycles. The number of amides is 2. The summed E-state index contributed by atoms with van der Waals surface area (Å²) < 4.78 is 0. The first-order valence-electron chi connectivity index (χ1n) is 6.06. The molecule has 0 saturated carbocycles. The lowest BCUT2D eigenvalue weighted by Gasteiger charge is -2.24. The second kappa shape index (κ2) is 6.54. The van der Waals surface area contributed by atoms with Crippen molar-refractivity contribution >= 4 is 23.2 Å². The van der Waals surface area contributed by atoms with Crippen LogP contribution in [-0.4, -0.2) is 23.9 Å². The average molecular weight is 268 g/mol. The standard InChI is InChI=1S/C13H20N2O2S/c1-4-13(2,3)15-11(16)5-7-14-12(17)10-6-8-18-9-10/h6,8-9H,4-5,7H2,1-3H3,(H,14,17)(H,15,16). The van der Waals surface area contributed by atoms with Gasteiger partial charge in [0.2, 0.25) is 5.91 Å². The van der Waals surface area contributed by atoms with E-state index in [1.807, 2.05) is 26.2 Å². The third kappa shape index (κ3) is 4.87. The molecule has 2 N–H and O–H groups in total. The average Bonchev–Trinajstić information content (AvgIpc) is 2.81. The largest absolute Gasteiger partial charge is 0.351 e. The number of rotatable bonds is 6. The van der Waals surface area contributed by atoms with E-state index in [0.717, 1.165) is 6.42 Å². The SMILES string of the molecule is CCC(C)(C)NC(=O)CCNC(=O)c1ccsc1. The molecule has 0 saturated heterocycles. The molecule has 1 aromatic heterocycles. The van der Waals surface area contributed by atoms with Crippen molar-refractivity contribution < 1.29 is 9.59 Å². The van der Waals surface area contributed by atoms with E-state index >= 15 is 0 Å². The van der Waals surface area contributed by atoms with Gasteiger partial charge in [0.1, 0.15) is 0 Å². The second-order valence-electron chi connectivity index (χ2n) is 4.80. The number of carbonyl (C=O) groups excluding carboxylic acids is 2. The Kier molecular flexibility index (Phi) is 5.34. The van der Waals surface area contributed by atoms with Crippen LogP contribution in [0, 0.1) is 0 Å². The van der Waals surface area contributed by atoms with Gasteiger partial charge >= 0.3 is 0 Å². The van der Waals surface area contributed by atoms with Crippen molar-refractivity contribution in [2.24, 2.45) is 0 Å². The lowest BCUT2D eigenvalue weighted by molar-refractivity contribution is -0.122. The fraction of sp³-hybridized carbons (Fsp3) is 0.538. The summed E-state index contributed by atoms with van der Waals surface area (Å²) in [5, 5.41) is 9.29. The molecule has 2 amide bonds. The first-order valence-corrected chi connectivity index (χ1v) is 7.00. The summed E-state index contributed by atoms with van der Waals surface area (Å²) in [5.41, 5.74) is 0.461. The summed E-state index contributed by atoms with van der Waals surface area (Å²) in [5.74, 6) is -0.161. The summed E-state index contributed by atoms with van der Waals surface area (Å²) in [6, 6.07) is 1.76. The van der Waals surface area contributed by atoms with Crippen LogP contribution in [0.1, 0.15) is 44.0 Å².